The third-order valence-corrected chi connectivity index (χ3v) is 5.59. The van der Waals surface area contributed by atoms with E-state index in [0.29, 0.717) is 40.9 Å². The van der Waals surface area contributed by atoms with Crippen molar-refractivity contribution < 1.29 is 32.3 Å². The van der Waals surface area contributed by atoms with Crippen molar-refractivity contribution in [2.24, 2.45) is 0 Å². The first-order chi connectivity index (χ1) is 18.5. The number of nitrogens with zero attached hydrogens (tertiary/aromatic N) is 5. The Morgan fingerprint density at radius 2 is 1.85 bits per heavy atom. The van der Waals surface area contributed by atoms with E-state index in [0.717, 1.165) is 7.05 Å². The van der Waals surface area contributed by atoms with Crippen molar-refractivity contribution in [3.63, 3.8) is 0 Å². The highest BCUT2D eigenvalue weighted by Gasteiger charge is 2.42. The summed E-state index contributed by atoms with van der Waals surface area (Å²) in [5.41, 5.74) is 1.54. The predicted octanol–water partition coefficient (Wildman–Crippen LogP) is 4.00. The van der Waals surface area contributed by atoms with Gasteiger partial charge in [-0.05, 0) is 43.3 Å². The molecule has 0 fully saturated rings. The fourth-order valence-electron chi connectivity index (χ4n) is 3.65. The summed E-state index contributed by atoms with van der Waals surface area (Å²) in [5.74, 6) is -2.13. The van der Waals surface area contributed by atoms with Gasteiger partial charge in [-0.2, -0.15) is 18.2 Å². The molecule has 202 valence electrons. The Balaban J connectivity index is 1.57. The molecule has 11 nitrogen and oxygen atoms in total. The number of amides is 2. The fourth-order valence-corrected chi connectivity index (χ4v) is 3.65. The molecule has 2 aromatic heterocycles. The summed E-state index contributed by atoms with van der Waals surface area (Å²) in [6, 6.07) is 7.67. The van der Waals surface area contributed by atoms with Gasteiger partial charge in [0, 0.05) is 18.9 Å². The molecule has 1 aliphatic heterocycles. The van der Waals surface area contributed by atoms with Crippen molar-refractivity contribution in [2.45, 2.75) is 13.1 Å². The Morgan fingerprint density at radius 1 is 1.10 bits per heavy atom. The van der Waals surface area contributed by atoms with Crippen LogP contribution in [-0.2, 0) is 9.59 Å². The zero-order chi connectivity index (χ0) is 28.3. The van der Waals surface area contributed by atoms with E-state index in [4.69, 9.17) is 4.74 Å². The molecule has 0 unspecified atom stereocenters. The molecule has 1 aliphatic rings. The molecule has 0 saturated carbocycles. The number of alkyl halides is 3. The second kappa shape index (κ2) is 10.8. The smallest absolute Gasteiger partial charge is 0.471 e. The Labute approximate surface area is 220 Å². The number of hydrogen-bond donors (Lipinski definition) is 2. The van der Waals surface area contributed by atoms with Crippen LogP contribution in [-0.4, -0.2) is 58.9 Å². The highest BCUT2D eigenvalue weighted by molar-refractivity contribution is 6.03. The first-order valence-electron chi connectivity index (χ1n) is 11.4. The lowest BCUT2D eigenvalue weighted by atomic mass is 10.2. The normalized spacial score (nSPS) is 12.6. The maximum atomic E-state index is 12.7. The highest BCUT2D eigenvalue weighted by atomic mass is 19.4. The number of pyridine rings is 1. The van der Waals surface area contributed by atoms with Crippen molar-refractivity contribution in [3.05, 3.63) is 60.9 Å². The molecule has 4 rings (SSSR count). The van der Waals surface area contributed by atoms with Crippen LogP contribution in [0, 0.1) is 0 Å². The van der Waals surface area contributed by atoms with Crippen LogP contribution in [0.15, 0.2) is 55.4 Å². The first kappa shape index (κ1) is 27.0. The van der Waals surface area contributed by atoms with Gasteiger partial charge in [-0.15, -0.1) is 0 Å². The van der Waals surface area contributed by atoms with Crippen molar-refractivity contribution in [3.8, 4) is 5.75 Å². The first-order valence-corrected chi connectivity index (χ1v) is 11.4. The van der Waals surface area contributed by atoms with Crippen LogP contribution < -0.4 is 25.2 Å². The maximum absolute atomic E-state index is 12.7. The van der Waals surface area contributed by atoms with Gasteiger partial charge in [0.15, 0.2) is 5.78 Å². The monoisotopic (exact) mass is 541 g/mol. The second-order valence-electron chi connectivity index (χ2n) is 8.25. The molecule has 3 heterocycles. The van der Waals surface area contributed by atoms with Gasteiger partial charge in [-0.25, -0.2) is 9.97 Å². The van der Waals surface area contributed by atoms with Crippen LogP contribution in [0.25, 0.3) is 0 Å². The minimum absolute atomic E-state index is 0.0570. The van der Waals surface area contributed by atoms with E-state index in [1.54, 1.807) is 18.2 Å². The number of ether oxygens (including phenoxy) is 1. The van der Waals surface area contributed by atoms with Gasteiger partial charge in [0.1, 0.15) is 24.0 Å². The average molecular weight is 541 g/mol. The number of hydrogen-bond acceptors (Lipinski definition) is 9. The molecule has 0 spiro atoms. The van der Waals surface area contributed by atoms with Crippen molar-refractivity contribution in [1.82, 2.24) is 15.0 Å². The third kappa shape index (κ3) is 5.95. The number of carbonyl (C=O) groups is 3. The molecule has 0 bridgehead atoms. The topological polar surface area (TPSA) is 130 Å². The van der Waals surface area contributed by atoms with E-state index in [-0.39, 0.29) is 34.8 Å². The molecular weight excluding hydrogens is 519 g/mol. The quantitative estimate of drug-likeness (QED) is 0.337. The van der Waals surface area contributed by atoms with Crippen LogP contribution in [0.2, 0.25) is 0 Å². The Bertz CT molecular complexity index is 1440. The molecule has 1 aromatic carbocycles. The number of fused-ring (bicyclic) bond motifs is 1. The van der Waals surface area contributed by atoms with Crippen LogP contribution in [0.5, 0.6) is 5.75 Å². The van der Waals surface area contributed by atoms with Gasteiger partial charge in [0.2, 0.25) is 5.95 Å². The van der Waals surface area contributed by atoms with Crippen molar-refractivity contribution >= 4 is 52.2 Å². The molecule has 3 aromatic rings. The highest BCUT2D eigenvalue weighted by Crippen LogP contribution is 2.35. The molecule has 2 amide bonds. The van der Waals surface area contributed by atoms with E-state index < -0.39 is 12.1 Å². The van der Waals surface area contributed by atoms with Crippen LogP contribution in [0.4, 0.5) is 47.8 Å². The lowest BCUT2D eigenvalue weighted by Gasteiger charge is -2.29. The SMILES string of the molecule is C=CC(=O)N1CCOc2ccc(Nc3nc(Nc4ccc(N(C)C(=O)C(F)(F)F)nc4)ncc3C(C)=O)cc21. The van der Waals surface area contributed by atoms with E-state index >= 15 is 0 Å². The summed E-state index contributed by atoms with van der Waals surface area (Å²) in [6.45, 7) is 5.55. The molecule has 0 atom stereocenters. The zero-order valence-corrected chi connectivity index (χ0v) is 20.7. The number of anilines is 6. The fraction of sp³-hybridized carbons (Fsp3) is 0.200. The van der Waals surface area contributed by atoms with E-state index in [9.17, 15) is 27.6 Å². The van der Waals surface area contributed by atoms with Gasteiger partial charge in [0.05, 0.1) is 29.7 Å². The average Bonchev–Trinajstić information content (AvgIpc) is 2.91. The summed E-state index contributed by atoms with van der Waals surface area (Å²) in [7, 11) is 0.964. The lowest BCUT2D eigenvalue weighted by molar-refractivity contribution is -0.170. The van der Waals surface area contributed by atoms with Crippen molar-refractivity contribution in [1.29, 1.82) is 0 Å². The minimum Gasteiger partial charge on any atom is -0.490 e. The van der Waals surface area contributed by atoms with E-state index in [1.807, 2.05) is 0 Å². The number of ketones is 1. The van der Waals surface area contributed by atoms with Gasteiger partial charge in [0.25, 0.3) is 5.91 Å². The molecular formula is C25H22F3N7O4. The Morgan fingerprint density at radius 3 is 2.49 bits per heavy atom. The van der Waals surface area contributed by atoms with Crippen LogP contribution in [0.3, 0.4) is 0 Å². The standard InChI is InChI=1S/C25H22F3N7O4/c1-4-21(37)35-9-10-39-19-7-5-15(11-18(19)35)31-22-17(14(2)36)13-30-24(33-22)32-16-6-8-20(29-12-16)34(3)23(38)25(26,27)28/h4-8,11-13H,1,9-10H2,2-3H3,(H2,30,31,32,33). The summed E-state index contributed by atoms with van der Waals surface area (Å²) in [6.07, 6.45) is -1.31. The Kier molecular flexibility index (Phi) is 7.47. The molecule has 0 saturated heterocycles. The zero-order valence-electron chi connectivity index (χ0n) is 20.7. The molecule has 14 heteroatoms. The van der Waals surface area contributed by atoms with Crippen LogP contribution in [0.1, 0.15) is 17.3 Å². The molecule has 0 aliphatic carbocycles. The molecule has 0 radical (unpaired) electrons. The number of Topliss-reactive ketones (excluding diaryl/α,β-unsaturated/α-hetero) is 1. The number of benzene rings is 1. The molecule has 39 heavy (non-hydrogen) atoms. The number of rotatable bonds is 7. The van der Waals surface area contributed by atoms with E-state index in [2.05, 4.69) is 32.2 Å². The Hall–Kier alpha value is -5.01. The summed E-state index contributed by atoms with van der Waals surface area (Å²) in [4.78, 5) is 50.2. The minimum atomic E-state index is -5.03. The third-order valence-electron chi connectivity index (χ3n) is 5.59. The van der Waals surface area contributed by atoms with Gasteiger partial charge < -0.3 is 20.3 Å². The number of carbonyl (C=O) groups excluding carboxylic acids is 3. The maximum Gasteiger partial charge on any atom is 0.471 e. The largest absolute Gasteiger partial charge is 0.490 e. The lowest BCUT2D eigenvalue weighted by Crippen LogP contribution is -2.38. The number of halogens is 3. The number of nitrogens with one attached hydrogen (secondary N) is 2. The predicted molar refractivity (Wildman–Crippen MR) is 137 cm³/mol. The van der Waals surface area contributed by atoms with Gasteiger partial charge in [-0.3, -0.25) is 19.3 Å². The van der Waals surface area contributed by atoms with Crippen molar-refractivity contribution in [2.75, 3.05) is 40.6 Å². The van der Waals surface area contributed by atoms with Gasteiger partial charge >= 0.3 is 12.1 Å². The summed E-state index contributed by atoms with van der Waals surface area (Å²) < 4.78 is 43.7. The molecule has 2 N–H and O–H groups in total. The second-order valence-corrected chi connectivity index (χ2v) is 8.25. The van der Waals surface area contributed by atoms with Gasteiger partial charge in [-0.1, -0.05) is 6.58 Å². The summed E-state index contributed by atoms with van der Waals surface area (Å²) >= 11 is 0. The number of aromatic nitrogens is 3. The van der Waals surface area contributed by atoms with Crippen LogP contribution >= 0.6 is 0 Å². The van der Waals surface area contributed by atoms with E-state index in [1.165, 1.54) is 42.4 Å². The summed E-state index contributed by atoms with van der Waals surface area (Å²) in [5, 5.41) is 5.92.